The lowest BCUT2D eigenvalue weighted by atomic mass is 9.85. The van der Waals surface area contributed by atoms with Crippen molar-refractivity contribution in [3.8, 4) is 28.7 Å². The molecule has 4 aromatic rings. The van der Waals surface area contributed by atoms with Crippen LogP contribution in [0.2, 0.25) is 0 Å². The van der Waals surface area contributed by atoms with E-state index in [0.29, 0.717) is 28.7 Å². The molecule has 0 aromatic carbocycles. The van der Waals surface area contributed by atoms with Crippen molar-refractivity contribution in [3.05, 3.63) is 48.5 Å². The number of aryl methyl sites for hydroxylation is 1. The molecule has 0 unspecified atom stereocenters. The zero-order chi connectivity index (χ0) is 22.8. The van der Waals surface area contributed by atoms with E-state index in [1.807, 2.05) is 31.2 Å². The molecule has 9 nitrogen and oxygen atoms in total. The first-order valence-electron chi connectivity index (χ1n) is 11.0. The van der Waals surface area contributed by atoms with Gasteiger partial charge in [0, 0.05) is 29.9 Å². The van der Waals surface area contributed by atoms with Crippen LogP contribution in [0.5, 0.6) is 5.88 Å². The Kier molecular flexibility index (Phi) is 5.68. The number of aliphatic carboxylic acids is 1. The van der Waals surface area contributed by atoms with Crippen molar-refractivity contribution < 1.29 is 14.6 Å². The molecule has 4 heterocycles. The summed E-state index contributed by atoms with van der Waals surface area (Å²) in [5.74, 6) is 0.716. The van der Waals surface area contributed by atoms with Crippen molar-refractivity contribution in [3.63, 3.8) is 0 Å². The minimum absolute atomic E-state index is 0.0783. The number of nitrogens with one attached hydrogen (secondary N) is 1. The topological polar surface area (TPSA) is 127 Å². The van der Waals surface area contributed by atoms with Crippen LogP contribution >= 0.6 is 0 Å². The van der Waals surface area contributed by atoms with E-state index in [1.165, 1.54) is 0 Å². The summed E-state index contributed by atoms with van der Waals surface area (Å²) in [6, 6.07) is 7.63. The minimum Gasteiger partial charge on any atom is -0.481 e. The van der Waals surface area contributed by atoms with Gasteiger partial charge in [0.05, 0.1) is 23.6 Å². The highest BCUT2D eigenvalue weighted by Gasteiger charge is 2.24. The fraction of sp³-hybridized carbons (Fsp3) is 0.333. The normalized spacial score (nSPS) is 18.3. The molecular formula is C24H24N6O3. The van der Waals surface area contributed by atoms with E-state index in [-0.39, 0.29) is 18.4 Å². The summed E-state index contributed by atoms with van der Waals surface area (Å²) < 4.78 is 6.00. The quantitative estimate of drug-likeness (QED) is 0.453. The van der Waals surface area contributed by atoms with Gasteiger partial charge >= 0.3 is 5.97 Å². The van der Waals surface area contributed by atoms with Crippen molar-refractivity contribution in [2.75, 3.05) is 0 Å². The zero-order valence-corrected chi connectivity index (χ0v) is 18.2. The van der Waals surface area contributed by atoms with Crippen LogP contribution < -0.4 is 4.74 Å². The molecule has 1 aliphatic carbocycles. The molecule has 0 saturated heterocycles. The van der Waals surface area contributed by atoms with Gasteiger partial charge in [-0.3, -0.25) is 9.78 Å². The highest BCUT2D eigenvalue weighted by Crippen LogP contribution is 2.29. The molecule has 5 rings (SSSR count). The first-order chi connectivity index (χ1) is 16.0. The second kappa shape index (κ2) is 8.93. The van der Waals surface area contributed by atoms with E-state index in [1.54, 1.807) is 18.6 Å². The number of imidazole rings is 1. The predicted octanol–water partition coefficient (Wildman–Crippen LogP) is 4.20. The Hall–Kier alpha value is -3.88. The number of pyridine rings is 2. The molecule has 1 aliphatic rings. The molecule has 168 valence electrons. The average molecular weight is 444 g/mol. The van der Waals surface area contributed by atoms with Gasteiger partial charge in [0.1, 0.15) is 11.8 Å². The van der Waals surface area contributed by atoms with Crippen LogP contribution in [0.3, 0.4) is 0 Å². The van der Waals surface area contributed by atoms with Crippen molar-refractivity contribution >= 4 is 17.1 Å². The highest BCUT2D eigenvalue weighted by molar-refractivity contribution is 5.75. The van der Waals surface area contributed by atoms with Crippen LogP contribution in [0, 0.1) is 12.8 Å². The van der Waals surface area contributed by atoms with Crippen LogP contribution in [-0.2, 0) is 4.79 Å². The van der Waals surface area contributed by atoms with Crippen molar-refractivity contribution in [2.24, 2.45) is 5.92 Å². The Balaban J connectivity index is 1.22. The first-order valence-corrected chi connectivity index (χ1v) is 11.0. The first kappa shape index (κ1) is 21.0. The fourth-order valence-electron chi connectivity index (χ4n) is 4.18. The number of H-pyrrole nitrogens is 1. The van der Waals surface area contributed by atoms with Gasteiger partial charge < -0.3 is 14.8 Å². The summed E-state index contributed by atoms with van der Waals surface area (Å²) in [5.41, 5.74) is 4.61. The lowest BCUT2D eigenvalue weighted by molar-refractivity contribution is -0.138. The second-order valence-electron chi connectivity index (χ2n) is 8.44. The SMILES string of the molecule is Cc1ccc2[nH]c(-c3cnc(-c4ccc(O[C@H]5CC[C@H](CC(=O)O)CC5)nc4)cn3)nc2n1. The summed E-state index contributed by atoms with van der Waals surface area (Å²) in [7, 11) is 0. The number of carboxylic acids is 1. The van der Waals surface area contributed by atoms with Crippen LogP contribution in [0.15, 0.2) is 42.9 Å². The van der Waals surface area contributed by atoms with Gasteiger partial charge in [-0.2, -0.15) is 0 Å². The van der Waals surface area contributed by atoms with Gasteiger partial charge in [0.25, 0.3) is 0 Å². The lowest BCUT2D eigenvalue weighted by Gasteiger charge is -2.27. The molecule has 0 amide bonds. The number of aromatic amines is 1. The maximum Gasteiger partial charge on any atom is 0.303 e. The molecule has 0 aliphatic heterocycles. The highest BCUT2D eigenvalue weighted by atomic mass is 16.5. The van der Waals surface area contributed by atoms with Gasteiger partial charge in [-0.25, -0.2) is 19.9 Å². The molecular weight excluding hydrogens is 420 g/mol. The zero-order valence-electron chi connectivity index (χ0n) is 18.2. The number of carbonyl (C=O) groups is 1. The third-order valence-electron chi connectivity index (χ3n) is 5.96. The maximum absolute atomic E-state index is 10.9. The largest absolute Gasteiger partial charge is 0.481 e. The third kappa shape index (κ3) is 4.82. The maximum atomic E-state index is 10.9. The van der Waals surface area contributed by atoms with Crippen molar-refractivity contribution in [1.82, 2.24) is 29.9 Å². The fourth-order valence-corrected chi connectivity index (χ4v) is 4.18. The number of hydrogen-bond donors (Lipinski definition) is 2. The molecule has 9 heteroatoms. The molecule has 4 aromatic heterocycles. The third-order valence-corrected chi connectivity index (χ3v) is 5.96. The summed E-state index contributed by atoms with van der Waals surface area (Å²) in [5, 5.41) is 8.94. The van der Waals surface area contributed by atoms with Crippen LogP contribution in [0.25, 0.3) is 33.9 Å². The number of aromatic nitrogens is 6. The van der Waals surface area contributed by atoms with Crippen molar-refractivity contribution in [1.29, 1.82) is 0 Å². The number of ether oxygens (including phenoxy) is 1. The molecule has 0 spiro atoms. The average Bonchev–Trinajstić information content (AvgIpc) is 3.24. The van der Waals surface area contributed by atoms with E-state index >= 15 is 0 Å². The number of fused-ring (bicyclic) bond motifs is 1. The molecule has 0 atom stereocenters. The van der Waals surface area contributed by atoms with E-state index < -0.39 is 5.97 Å². The number of carboxylic acid groups (broad SMARTS) is 1. The monoisotopic (exact) mass is 444 g/mol. The van der Waals surface area contributed by atoms with E-state index in [0.717, 1.165) is 42.5 Å². The minimum atomic E-state index is -0.725. The summed E-state index contributed by atoms with van der Waals surface area (Å²) in [6.07, 6.45) is 8.87. The summed E-state index contributed by atoms with van der Waals surface area (Å²) in [4.78, 5) is 36.5. The van der Waals surface area contributed by atoms with E-state index in [9.17, 15) is 4.79 Å². The smallest absolute Gasteiger partial charge is 0.303 e. The summed E-state index contributed by atoms with van der Waals surface area (Å²) in [6.45, 7) is 1.93. The Bertz CT molecular complexity index is 1260. The predicted molar refractivity (Wildman–Crippen MR) is 122 cm³/mol. The van der Waals surface area contributed by atoms with Crippen LogP contribution in [0.4, 0.5) is 0 Å². The molecule has 2 N–H and O–H groups in total. The van der Waals surface area contributed by atoms with Gasteiger partial charge in [-0.15, -0.1) is 0 Å². The van der Waals surface area contributed by atoms with Gasteiger partial charge in [0.2, 0.25) is 5.88 Å². The Morgan fingerprint density at radius 3 is 2.48 bits per heavy atom. The Morgan fingerprint density at radius 1 is 1.00 bits per heavy atom. The molecule has 0 radical (unpaired) electrons. The standard InChI is InChI=1S/C24H24N6O3/c1-14-2-8-18-23(28-14)30-24(29-18)20-13-25-19(12-26-20)16-5-9-21(27-11-16)33-17-6-3-15(4-7-17)10-22(31)32/h2,5,8-9,11-13,15,17H,3-4,6-7,10H2,1H3,(H,31,32)(H,28,29,30)/t15-,17-. The van der Waals surface area contributed by atoms with E-state index in [4.69, 9.17) is 9.84 Å². The molecule has 33 heavy (non-hydrogen) atoms. The van der Waals surface area contributed by atoms with Crippen molar-refractivity contribution in [2.45, 2.75) is 45.1 Å². The Morgan fingerprint density at radius 2 is 1.79 bits per heavy atom. The Labute approximate surface area is 190 Å². The number of rotatable bonds is 6. The molecule has 0 bridgehead atoms. The second-order valence-corrected chi connectivity index (χ2v) is 8.44. The van der Waals surface area contributed by atoms with E-state index in [2.05, 4.69) is 29.9 Å². The lowest BCUT2D eigenvalue weighted by Crippen LogP contribution is -2.25. The van der Waals surface area contributed by atoms with Crippen LogP contribution in [-0.4, -0.2) is 47.1 Å². The molecule has 1 fully saturated rings. The van der Waals surface area contributed by atoms with Gasteiger partial charge in [0.15, 0.2) is 11.5 Å². The molecule has 1 saturated carbocycles. The van der Waals surface area contributed by atoms with Crippen LogP contribution in [0.1, 0.15) is 37.8 Å². The number of hydrogen-bond acceptors (Lipinski definition) is 7. The summed E-state index contributed by atoms with van der Waals surface area (Å²) >= 11 is 0. The van der Waals surface area contributed by atoms with Gasteiger partial charge in [-0.05, 0) is 56.7 Å². The number of nitrogens with zero attached hydrogens (tertiary/aromatic N) is 5. The van der Waals surface area contributed by atoms with Gasteiger partial charge in [-0.1, -0.05) is 0 Å².